The number of halogens is 1. The van der Waals surface area contributed by atoms with Gasteiger partial charge in [0.05, 0.1) is 29.9 Å². The first-order valence-electron chi connectivity index (χ1n) is 45.7. The maximum atomic E-state index is 15.8. The van der Waals surface area contributed by atoms with Gasteiger partial charge in [0, 0.05) is 69.8 Å². The highest BCUT2D eigenvalue weighted by molar-refractivity contribution is 14.1. The lowest BCUT2D eigenvalue weighted by Gasteiger charge is -2.37. The Morgan fingerprint density at radius 2 is 1.12 bits per heavy atom. The van der Waals surface area contributed by atoms with E-state index in [2.05, 4.69) is 69.1 Å². The van der Waals surface area contributed by atoms with Crippen LogP contribution in [0.4, 0.5) is 0 Å². The molecule has 16 N–H and O–H groups in total. The molecule has 0 spiro atoms. The van der Waals surface area contributed by atoms with Crippen molar-refractivity contribution in [2.24, 2.45) is 23.5 Å². The molecule has 0 radical (unpaired) electrons. The second kappa shape index (κ2) is 54.2. The number of nitrogens with zero attached hydrogens (tertiary/aromatic N) is 1. The molecule has 2 saturated heterocycles. The number of Topliss-reactive ketones (excluding diaryl/α,β-unsaturated/α-hetero) is 1. The SMILES string of the molecule is CCC(C)[C@H](NC(=O)[C@H](Cc1ccc(C)cc1)NC(=O)[C@@H]1CSSC[C@H](NC(=O)[C@@H](CCC(C)=O)NC(=O)[C@H](Cc2ccc(C)cc2)NC(=O)COCCOCCN)C(=O)N2C[C@H](C)C[C@H]2C(=O)N[C@@H](Cc2ccc(O)c(I)c2)C(=O)NCC(=O)N[C@@H](CC(C)C)C(=O)N1)C(=O)N[C@@H](CCC(=O)NC(c1ccccc1)(c1ccccc1)c1ccccc1)C(=O)NCc1ccc(CNC)cc1. The molecule has 135 heavy (non-hydrogen) atoms. The smallest absolute Gasteiger partial charge is 0.246 e. The van der Waals surface area contributed by atoms with Crippen LogP contribution in [0.1, 0.15) is 142 Å². The van der Waals surface area contributed by atoms with E-state index in [1.54, 1.807) is 83.1 Å². The lowest BCUT2D eigenvalue weighted by Crippen LogP contribution is -2.61. The number of aromatic hydroxyl groups is 1. The normalized spacial score (nSPS) is 18.3. The van der Waals surface area contributed by atoms with Crippen molar-refractivity contribution in [3.8, 4) is 5.75 Å². The van der Waals surface area contributed by atoms with Gasteiger partial charge >= 0.3 is 0 Å². The van der Waals surface area contributed by atoms with Gasteiger partial charge in [0.25, 0.3) is 0 Å². The number of phenolic OH excluding ortho intramolecular Hbond substituents is 1. The minimum absolute atomic E-state index is 0.0211. The van der Waals surface area contributed by atoms with E-state index in [0.29, 0.717) is 33.2 Å². The third-order valence-electron chi connectivity index (χ3n) is 23.4. The van der Waals surface area contributed by atoms with Crippen LogP contribution in [-0.4, -0.2) is 218 Å². The maximum Gasteiger partial charge on any atom is 0.246 e. The summed E-state index contributed by atoms with van der Waals surface area (Å²) in [5.41, 5.74) is 11.8. The van der Waals surface area contributed by atoms with E-state index in [1.807, 2.05) is 171 Å². The van der Waals surface area contributed by atoms with Crippen molar-refractivity contribution in [1.29, 1.82) is 0 Å². The van der Waals surface area contributed by atoms with Crippen molar-refractivity contribution in [2.45, 2.75) is 199 Å². The van der Waals surface area contributed by atoms with Gasteiger partial charge in [0.15, 0.2) is 0 Å². The largest absolute Gasteiger partial charge is 0.507 e. The monoisotopic (exact) mass is 2000 g/mol. The minimum Gasteiger partial charge on any atom is -0.507 e. The fraction of sp³-hybridized carbons (Fsp3) is 0.440. The number of carbonyl (C=O) groups excluding carboxylic acids is 14. The Bertz CT molecular complexity index is 5050. The van der Waals surface area contributed by atoms with Crippen molar-refractivity contribution in [3.63, 3.8) is 0 Å². The number of benzene rings is 7. The Balaban J connectivity index is 1.05. The Hall–Kier alpha value is -11.6. The highest BCUT2D eigenvalue weighted by atomic mass is 127. The molecule has 9 rings (SSSR count). The molecule has 13 amide bonds. The van der Waals surface area contributed by atoms with E-state index >= 15 is 38.4 Å². The van der Waals surface area contributed by atoms with Crippen LogP contribution in [0.15, 0.2) is 182 Å². The predicted molar refractivity (Wildman–Crippen MR) is 526 cm³/mol. The van der Waals surface area contributed by atoms with Gasteiger partial charge in [0.2, 0.25) is 76.8 Å². The van der Waals surface area contributed by atoms with E-state index in [0.717, 1.165) is 60.5 Å². The van der Waals surface area contributed by atoms with Gasteiger partial charge in [-0.05, 0) is 150 Å². The molecule has 1 unspecified atom stereocenters. The Morgan fingerprint density at radius 3 is 1.69 bits per heavy atom. The van der Waals surface area contributed by atoms with E-state index in [4.69, 9.17) is 15.2 Å². The summed E-state index contributed by atoms with van der Waals surface area (Å²) in [6.45, 7) is 14.0. The molecular formula is C100H128IN15O17S2. The van der Waals surface area contributed by atoms with Gasteiger partial charge in [-0.15, -0.1) is 0 Å². The molecule has 2 aliphatic heterocycles. The van der Waals surface area contributed by atoms with E-state index in [9.17, 15) is 33.9 Å². The molecule has 2 fully saturated rings. The number of fused-ring (bicyclic) bond motifs is 1. The van der Waals surface area contributed by atoms with Gasteiger partial charge < -0.3 is 99.1 Å². The van der Waals surface area contributed by atoms with Gasteiger partial charge in [-0.3, -0.25) is 62.3 Å². The van der Waals surface area contributed by atoms with Crippen LogP contribution in [0.3, 0.4) is 0 Å². The van der Waals surface area contributed by atoms with Crippen LogP contribution in [0, 0.1) is 35.2 Å². The van der Waals surface area contributed by atoms with Crippen LogP contribution in [0.25, 0.3) is 0 Å². The highest BCUT2D eigenvalue weighted by Gasteiger charge is 2.45. The number of nitrogens with two attached hydrogens (primary N) is 1. The van der Waals surface area contributed by atoms with Crippen LogP contribution in [0.5, 0.6) is 5.75 Å². The van der Waals surface area contributed by atoms with Crippen molar-refractivity contribution in [2.75, 3.05) is 64.6 Å². The molecule has 0 aromatic heterocycles. The van der Waals surface area contributed by atoms with E-state index in [-0.39, 0.29) is 132 Å². The molecule has 0 saturated carbocycles. The van der Waals surface area contributed by atoms with Crippen LogP contribution in [0.2, 0.25) is 0 Å². The molecule has 0 bridgehead atoms. The second-order valence-corrected chi connectivity index (χ2v) is 38.5. The first-order valence-corrected chi connectivity index (χ1v) is 49.3. The number of rotatable bonds is 43. The average Bonchev–Trinajstić information content (AvgIpc) is 1.17. The molecule has 0 aliphatic carbocycles. The first kappa shape index (κ1) is 107. The quantitative estimate of drug-likeness (QED) is 0.00884. The first-order chi connectivity index (χ1) is 64.7. The summed E-state index contributed by atoms with van der Waals surface area (Å²) >= 11 is 1.91. The molecule has 35 heteroatoms. The highest BCUT2D eigenvalue weighted by Crippen LogP contribution is 2.38. The number of amides is 13. The summed E-state index contributed by atoms with van der Waals surface area (Å²) in [6.07, 6.45) is -1.20. The van der Waals surface area contributed by atoms with Crippen LogP contribution >= 0.6 is 44.2 Å². The molecule has 7 aromatic carbocycles. The summed E-state index contributed by atoms with van der Waals surface area (Å²) in [5.74, 6) is -12.8. The Morgan fingerprint density at radius 1 is 0.578 bits per heavy atom. The lowest BCUT2D eigenvalue weighted by atomic mass is 9.77. The molecule has 12 atom stereocenters. The number of phenols is 1. The third kappa shape index (κ3) is 33.4. The number of aryl methyl sites for hydroxylation is 2. The summed E-state index contributed by atoms with van der Waals surface area (Å²) in [7, 11) is 3.73. The van der Waals surface area contributed by atoms with E-state index in [1.165, 1.54) is 17.9 Å². The number of nitrogens with one attached hydrogen (secondary N) is 13. The lowest BCUT2D eigenvalue weighted by molar-refractivity contribution is -0.142. The molecular weight excluding hydrogens is 1870 g/mol. The standard InChI is InChI=1S/C100H128IN15O17S2/c1-10-65(7)89(98(130)109-76(90(122)104-55-70-37-35-69(36-38-70)54-103-9)41-43-86(119)115-100(72-20-14-11-15-21-72,73-22-16-12-17-23-73)74-24-18-13-19-25-74)114-95(127)81(52-68-33-28-63(5)29-34-68)110-96(128)82-59-134-135-60-83(113-92(124)77(40-30-66(8)117)108-94(126)80(51-67-31-26-62(4)27-32-67)107-88(121)58-133-47-46-132-45-44-102)99(131)116-57-64(6)49-84(116)97(129)111-79(53-71-39-42-85(118)75(101)50-71)91(123)105-56-87(120)106-78(48-61(2)3)93(125)112-82/h11-29,31-39,42,50,61,64-65,76-84,89,103,118H,10,30,40-41,43-49,51-60,102H2,1-9H3,(H,104,122)(H,105,123)(H,106,120)(H,107,121)(H,108,126)(H,109,130)(H,110,128)(H,111,129)(H,112,125)(H,113,124)(H,114,127)(H,115,119)/t64-,65?,76+,77-,78+,79+,80+,81+,82+,83+,84+,89+/m1/s1. The maximum absolute atomic E-state index is 15.8. The average molecular weight is 2000 g/mol. The van der Waals surface area contributed by atoms with Gasteiger partial charge in [-0.2, -0.15) is 0 Å². The molecule has 724 valence electrons. The van der Waals surface area contributed by atoms with Gasteiger partial charge in [0.1, 0.15) is 84.1 Å². The molecule has 2 aliphatic rings. The number of ether oxygens (including phenoxy) is 2. The van der Waals surface area contributed by atoms with Crippen LogP contribution < -0.4 is 74.9 Å². The van der Waals surface area contributed by atoms with Gasteiger partial charge in [-0.25, -0.2) is 0 Å². The van der Waals surface area contributed by atoms with E-state index < -0.39 is 162 Å². The minimum atomic E-state index is -1.63. The summed E-state index contributed by atoms with van der Waals surface area (Å²) in [6, 6.07) is 40.3. The van der Waals surface area contributed by atoms with Crippen molar-refractivity contribution >= 4 is 127 Å². The number of hydrogen-bond donors (Lipinski definition) is 15. The molecule has 2 heterocycles. The van der Waals surface area contributed by atoms with Crippen molar-refractivity contribution in [1.82, 2.24) is 74.0 Å². The van der Waals surface area contributed by atoms with Gasteiger partial charge in [-0.1, -0.05) is 244 Å². The number of hydrogen-bond acceptors (Lipinski definition) is 21. The fourth-order valence-corrected chi connectivity index (χ4v) is 18.7. The van der Waals surface area contributed by atoms with Crippen molar-refractivity contribution < 1.29 is 81.7 Å². The topological polar surface area (TPSA) is 463 Å². The second-order valence-electron chi connectivity index (χ2n) is 34.8. The van der Waals surface area contributed by atoms with Crippen molar-refractivity contribution in [3.05, 3.63) is 241 Å². The summed E-state index contributed by atoms with van der Waals surface area (Å²) in [5, 5.41) is 47.9. The zero-order chi connectivity index (χ0) is 97.7. The van der Waals surface area contributed by atoms with Crippen LogP contribution in [-0.2, 0) is 114 Å². The zero-order valence-electron chi connectivity index (χ0n) is 77.9. The third-order valence-corrected chi connectivity index (χ3v) is 26.6. The zero-order valence-corrected chi connectivity index (χ0v) is 81.7. The predicted octanol–water partition coefficient (Wildman–Crippen LogP) is 6.13. The number of ketones is 1. The Labute approximate surface area is 810 Å². The fourth-order valence-electron chi connectivity index (χ4n) is 15.8. The Kier molecular flexibility index (Phi) is 43.0. The summed E-state index contributed by atoms with van der Waals surface area (Å²) < 4.78 is 11.3. The molecule has 32 nitrogen and oxygen atoms in total. The molecule has 7 aromatic rings. The number of carbonyl (C=O) groups is 14. The summed E-state index contributed by atoms with van der Waals surface area (Å²) in [4.78, 5) is 210.